The van der Waals surface area contributed by atoms with Gasteiger partial charge in [-0.3, -0.25) is 4.79 Å². The van der Waals surface area contributed by atoms with Crippen LogP contribution in [-0.4, -0.2) is 30.7 Å². The van der Waals surface area contributed by atoms with Crippen molar-refractivity contribution in [1.29, 1.82) is 0 Å². The minimum absolute atomic E-state index is 0. The highest BCUT2D eigenvalue weighted by Crippen LogP contribution is 2.18. The van der Waals surface area contributed by atoms with Crippen LogP contribution in [0.5, 0.6) is 5.75 Å². The Balaban J connectivity index is 0.00000361. The Kier molecular flexibility index (Phi) is 8.96. The van der Waals surface area contributed by atoms with Crippen LogP contribution in [-0.2, 0) is 4.79 Å². The maximum Gasteiger partial charge on any atom is 0.220 e. The molecule has 4 N–H and O–H groups in total. The highest BCUT2D eigenvalue weighted by Gasteiger charge is 2.10. The van der Waals surface area contributed by atoms with Gasteiger partial charge in [0.25, 0.3) is 0 Å². The number of nitrogens with two attached hydrogens (primary N) is 1. The van der Waals surface area contributed by atoms with E-state index in [4.69, 9.17) is 10.5 Å². The Morgan fingerprint density at radius 3 is 2.80 bits per heavy atom. The zero-order valence-electron chi connectivity index (χ0n) is 11.8. The van der Waals surface area contributed by atoms with E-state index in [0.717, 1.165) is 0 Å². The molecular weight excluding hydrogens is 280 g/mol. The summed E-state index contributed by atoms with van der Waals surface area (Å²) in [5, 5.41) is 12.7. The van der Waals surface area contributed by atoms with Gasteiger partial charge in [0.2, 0.25) is 5.91 Å². The number of ether oxygens (including phenoxy) is 1. The largest absolute Gasteiger partial charge is 0.497 e. The van der Waals surface area contributed by atoms with E-state index in [1.807, 2.05) is 6.92 Å². The summed E-state index contributed by atoms with van der Waals surface area (Å²) in [6.07, 6.45) is 0.276. The quantitative estimate of drug-likeness (QED) is 0.711. The van der Waals surface area contributed by atoms with Crippen molar-refractivity contribution >= 4 is 18.3 Å². The minimum atomic E-state index is -0.741. The number of rotatable bonds is 7. The van der Waals surface area contributed by atoms with Crippen molar-refractivity contribution in [2.75, 3.05) is 13.7 Å². The molecule has 1 aromatic carbocycles. The molecule has 0 saturated carbocycles. The van der Waals surface area contributed by atoms with Crippen LogP contribution < -0.4 is 15.8 Å². The highest BCUT2D eigenvalue weighted by atomic mass is 35.5. The molecule has 1 rings (SSSR count). The van der Waals surface area contributed by atoms with Crippen LogP contribution in [0.4, 0.5) is 0 Å². The van der Waals surface area contributed by atoms with E-state index >= 15 is 0 Å². The molecule has 0 radical (unpaired) electrons. The SMILES string of the molecule is COc1cccc(C(O)CNC(=O)CCC(C)N)c1.Cl. The van der Waals surface area contributed by atoms with E-state index in [2.05, 4.69) is 5.32 Å². The van der Waals surface area contributed by atoms with Gasteiger partial charge in [-0.15, -0.1) is 12.4 Å². The molecule has 2 unspecified atom stereocenters. The third kappa shape index (κ3) is 6.75. The molecule has 114 valence electrons. The Morgan fingerprint density at radius 1 is 1.50 bits per heavy atom. The second-order valence-electron chi connectivity index (χ2n) is 4.61. The Morgan fingerprint density at radius 2 is 2.20 bits per heavy atom. The summed E-state index contributed by atoms with van der Waals surface area (Å²) >= 11 is 0. The van der Waals surface area contributed by atoms with Gasteiger partial charge >= 0.3 is 0 Å². The number of methoxy groups -OCH3 is 1. The maximum atomic E-state index is 11.5. The van der Waals surface area contributed by atoms with E-state index < -0.39 is 6.10 Å². The lowest BCUT2D eigenvalue weighted by Crippen LogP contribution is -2.29. The topological polar surface area (TPSA) is 84.6 Å². The normalized spacial score (nSPS) is 13.0. The van der Waals surface area contributed by atoms with Gasteiger partial charge in [-0.2, -0.15) is 0 Å². The number of aliphatic hydroxyl groups excluding tert-OH is 1. The van der Waals surface area contributed by atoms with E-state index in [-0.39, 0.29) is 30.9 Å². The van der Waals surface area contributed by atoms with E-state index in [1.165, 1.54) is 0 Å². The van der Waals surface area contributed by atoms with Crippen LogP contribution in [0.25, 0.3) is 0 Å². The third-order valence-corrected chi connectivity index (χ3v) is 2.80. The lowest BCUT2D eigenvalue weighted by molar-refractivity contribution is -0.121. The van der Waals surface area contributed by atoms with Gasteiger partial charge in [-0.1, -0.05) is 12.1 Å². The fourth-order valence-corrected chi connectivity index (χ4v) is 1.62. The second-order valence-corrected chi connectivity index (χ2v) is 4.61. The molecule has 0 aliphatic carbocycles. The van der Waals surface area contributed by atoms with Crippen LogP contribution in [0.2, 0.25) is 0 Å². The average molecular weight is 303 g/mol. The number of nitrogens with one attached hydrogen (secondary N) is 1. The first-order chi connectivity index (χ1) is 9.02. The highest BCUT2D eigenvalue weighted by molar-refractivity contribution is 5.85. The van der Waals surface area contributed by atoms with Gasteiger partial charge in [0.1, 0.15) is 5.75 Å². The number of carbonyl (C=O) groups is 1. The number of aliphatic hydroxyl groups is 1. The summed E-state index contributed by atoms with van der Waals surface area (Å²) in [4.78, 5) is 11.5. The molecule has 1 amide bonds. The molecule has 0 heterocycles. The molecule has 0 aliphatic rings. The molecule has 2 atom stereocenters. The summed E-state index contributed by atoms with van der Waals surface area (Å²) in [5.74, 6) is 0.582. The molecule has 20 heavy (non-hydrogen) atoms. The van der Waals surface area contributed by atoms with Crippen LogP contribution in [0.3, 0.4) is 0 Å². The van der Waals surface area contributed by atoms with E-state index in [9.17, 15) is 9.90 Å². The molecule has 6 heteroatoms. The maximum absolute atomic E-state index is 11.5. The van der Waals surface area contributed by atoms with Crippen molar-refractivity contribution in [3.8, 4) is 5.75 Å². The molecular formula is C14H23ClN2O3. The lowest BCUT2D eigenvalue weighted by Gasteiger charge is -2.13. The fraction of sp³-hybridized carbons (Fsp3) is 0.500. The minimum Gasteiger partial charge on any atom is -0.497 e. The van der Waals surface area contributed by atoms with Gasteiger partial charge in [0, 0.05) is 19.0 Å². The van der Waals surface area contributed by atoms with Gasteiger partial charge in [-0.25, -0.2) is 0 Å². The van der Waals surface area contributed by atoms with E-state index in [1.54, 1.807) is 31.4 Å². The number of hydrogen-bond donors (Lipinski definition) is 3. The van der Waals surface area contributed by atoms with Crippen LogP contribution >= 0.6 is 12.4 Å². The first kappa shape index (κ1) is 18.7. The molecule has 0 fully saturated rings. The van der Waals surface area contributed by atoms with Gasteiger partial charge in [-0.05, 0) is 31.0 Å². The van der Waals surface area contributed by atoms with Crippen molar-refractivity contribution in [3.05, 3.63) is 29.8 Å². The lowest BCUT2D eigenvalue weighted by atomic mass is 10.1. The Bertz CT molecular complexity index is 413. The van der Waals surface area contributed by atoms with Crippen molar-refractivity contribution < 1.29 is 14.6 Å². The Labute approximate surface area is 125 Å². The first-order valence-corrected chi connectivity index (χ1v) is 6.37. The number of hydrogen-bond acceptors (Lipinski definition) is 4. The van der Waals surface area contributed by atoms with Gasteiger partial charge in [0.15, 0.2) is 0 Å². The first-order valence-electron chi connectivity index (χ1n) is 6.37. The Hall–Kier alpha value is -1.30. The zero-order valence-corrected chi connectivity index (χ0v) is 12.7. The van der Waals surface area contributed by atoms with E-state index in [0.29, 0.717) is 24.2 Å². The summed E-state index contributed by atoms with van der Waals surface area (Å²) < 4.78 is 5.08. The summed E-state index contributed by atoms with van der Waals surface area (Å²) in [6, 6.07) is 7.15. The second kappa shape index (κ2) is 9.58. The van der Waals surface area contributed by atoms with Gasteiger partial charge in [0.05, 0.1) is 13.2 Å². The van der Waals surface area contributed by atoms with Crippen LogP contribution in [0.15, 0.2) is 24.3 Å². The average Bonchev–Trinajstić information content (AvgIpc) is 2.42. The number of benzene rings is 1. The summed E-state index contributed by atoms with van der Waals surface area (Å²) in [7, 11) is 1.57. The molecule has 0 spiro atoms. The monoisotopic (exact) mass is 302 g/mol. The number of amides is 1. The summed E-state index contributed by atoms with van der Waals surface area (Å²) in [6.45, 7) is 2.04. The molecule has 0 bridgehead atoms. The van der Waals surface area contributed by atoms with Crippen molar-refractivity contribution in [2.45, 2.75) is 31.9 Å². The summed E-state index contributed by atoms with van der Waals surface area (Å²) in [5.41, 5.74) is 6.29. The van der Waals surface area contributed by atoms with Crippen LogP contribution in [0.1, 0.15) is 31.4 Å². The predicted molar refractivity (Wildman–Crippen MR) is 81.1 cm³/mol. The molecule has 0 aliphatic heterocycles. The molecule has 0 aromatic heterocycles. The van der Waals surface area contributed by atoms with Crippen molar-refractivity contribution in [3.63, 3.8) is 0 Å². The third-order valence-electron chi connectivity index (χ3n) is 2.80. The number of halogens is 1. The van der Waals surface area contributed by atoms with Crippen molar-refractivity contribution in [1.82, 2.24) is 5.32 Å². The van der Waals surface area contributed by atoms with Crippen molar-refractivity contribution in [2.24, 2.45) is 5.73 Å². The smallest absolute Gasteiger partial charge is 0.220 e. The fourth-order valence-electron chi connectivity index (χ4n) is 1.62. The standard InChI is InChI=1S/C14H22N2O3.ClH/c1-10(15)6-7-14(18)16-9-13(17)11-4-3-5-12(8-11)19-2;/h3-5,8,10,13,17H,6-7,9,15H2,1-2H3,(H,16,18);1H. The number of carbonyl (C=O) groups excluding carboxylic acids is 1. The molecule has 1 aromatic rings. The van der Waals surface area contributed by atoms with Gasteiger partial charge < -0.3 is 20.9 Å². The molecule has 5 nitrogen and oxygen atoms in total. The predicted octanol–water partition coefficient (Wildman–Crippen LogP) is 1.39. The van der Waals surface area contributed by atoms with Crippen LogP contribution in [0, 0.1) is 0 Å². The zero-order chi connectivity index (χ0) is 14.3. The molecule has 0 saturated heterocycles.